The lowest BCUT2D eigenvalue weighted by molar-refractivity contribution is 0.415. The lowest BCUT2D eigenvalue weighted by atomic mass is 9.86. The summed E-state index contributed by atoms with van der Waals surface area (Å²) in [6, 6.07) is 31.6. The third kappa shape index (κ3) is 2.90. The van der Waals surface area contributed by atoms with Crippen molar-refractivity contribution in [2.75, 3.05) is 7.11 Å². The summed E-state index contributed by atoms with van der Waals surface area (Å²) in [5.74, 6) is 0.855. The Morgan fingerprint density at radius 3 is 1.75 bits per heavy atom. The highest BCUT2D eigenvalue weighted by Crippen LogP contribution is 2.43. The normalized spacial score (nSPS) is 11.3. The fraction of sp³-hybridized carbons (Fsp3) is 0.0345. The van der Waals surface area contributed by atoms with Crippen molar-refractivity contribution < 1.29 is 4.74 Å². The molecule has 3 nitrogen and oxygen atoms in total. The number of nitrogens with zero attached hydrogens (tertiary/aromatic N) is 2. The highest BCUT2D eigenvalue weighted by Gasteiger charge is 2.17. The van der Waals surface area contributed by atoms with Gasteiger partial charge in [-0.1, -0.05) is 60.7 Å². The van der Waals surface area contributed by atoms with Crippen LogP contribution >= 0.6 is 0 Å². The van der Waals surface area contributed by atoms with E-state index >= 15 is 0 Å². The summed E-state index contributed by atoms with van der Waals surface area (Å²) in [7, 11) is 1.70. The van der Waals surface area contributed by atoms with Crippen LogP contribution < -0.4 is 4.74 Å². The van der Waals surface area contributed by atoms with Gasteiger partial charge >= 0.3 is 0 Å². The number of methoxy groups -OCH3 is 1. The van der Waals surface area contributed by atoms with E-state index in [1.165, 1.54) is 38.2 Å². The molecular formula is C29H20N2O. The Balaban J connectivity index is 1.73. The maximum atomic E-state index is 5.38. The molecule has 32 heavy (non-hydrogen) atoms. The van der Waals surface area contributed by atoms with Gasteiger partial charge in [0, 0.05) is 18.0 Å². The Morgan fingerprint density at radius 2 is 1.16 bits per heavy atom. The minimum Gasteiger partial charge on any atom is -0.497 e. The van der Waals surface area contributed by atoms with Crippen LogP contribution in [0.15, 0.2) is 103 Å². The van der Waals surface area contributed by atoms with Crippen molar-refractivity contribution in [2.24, 2.45) is 0 Å². The average molecular weight is 412 g/mol. The van der Waals surface area contributed by atoms with Gasteiger partial charge in [0.15, 0.2) is 0 Å². The van der Waals surface area contributed by atoms with Crippen molar-refractivity contribution in [3.8, 4) is 28.0 Å². The maximum absolute atomic E-state index is 5.38. The van der Waals surface area contributed by atoms with Crippen molar-refractivity contribution >= 4 is 32.6 Å². The van der Waals surface area contributed by atoms with Crippen LogP contribution in [0.1, 0.15) is 0 Å². The van der Waals surface area contributed by atoms with Crippen LogP contribution in [0.3, 0.4) is 0 Å². The van der Waals surface area contributed by atoms with E-state index in [1.807, 2.05) is 36.7 Å². The Morgan fingerprint density at radius 1 is 0.562 bits per heavy atom. The van der Waals surface area contributed by atoms with Crippen molar-refractivity contribution in [2.45, 2.75) is 0 Å². The molecule has 3 heteroatoms. The Hall–Kier alpha value is -4.24. The lowest BCUT2D eigenvalue weighted by Crippen LogP contribution is -1.92. The van der Waals surface area contributed by atoms with Gasteiger partial charge < -0.3 is 4.74 Å². The molecule has 0 amide bonds. The van der Waals surface area contributed by atoms with E-state index in [0.717, 1.165) is 22.3 Å². The molecule has 6 aromatic rings. The van der Waals surface area contributed by atoms with E-state index in [1.54, 1.807) is 7.11 Å². The fourth-order valence-corrected chi connectivity index (χ4v) is 4.60. The molecule has 0 N–H and O–H groups in total. The minimum absolute atomic E-state index is 0.855. The molecule has 0 atom stereocenters. The molecule has 0 aliphatic rings. The second-order valence-corrected chi connectivity index (χ2v) is 7.84. The molecule has 2 aromatic heterocycles. The molecule has 0 saturated heterocycles. The first-order valence-corrected chi connectivity index (χ1v) is 10.6. The Kier molecular flexibility index (Phi) is 4.32. The summed E-state index contributed by atoms with van der Waals surface area (Å²) in [6.45, 7) is 0. The maximum Gasteiger partial charge on any atom is 0.118 e. The molecule has 0 radical (unpaired) electrons. The molecule has 152 valence electrons. The van der Waals surface area contributed by atoms with Gasteiger partial charge in [0.05, 0.1) is 18.1 Å². The van der Waals surface area contributed by atoms with Gasteiger partial charge in [0.1, 0.15) is 5.75 Å². The topological polar surface area (TPSA) is 35.0 Å². The summed E-state index contributed by atoms with van der Waals surface area (Å²) >= 11 is 0. The van der Waals surface area contributed by atoms with Gasteiger partial charge in [-0.25, -0.2) is 0 Å². The van der Waals surface area contributed by atoms with Gasteiger partial charge in [-0.3, -0.25) is 9.97 Å². The smallest absolute Gasteiger partial charge is 0.118 e. The number of pyridine rings is 2. The van der Waals surface area contributed by atoms with E-state index in [0.29, 0.717) is 0 Å². The zero-order valence-electron chi connectivity index (χ0n) is 17.6. The number of fused-ring (bicyclic) bond motifs is 3. The van der Waals surface area contributed by atoms with Crippen LogP contribution in [0.2, 0.25) is 0 Å². The number of aromatic nitrogens is 2. The summed E-state index contributed by atoms with van der Waals surface area (Å²) in [5, 5.41) is 4.84. The van der Waals surface area contributed by atoms with Crippen LogP contribution in [0.4, 0.5) is 0 Å². The molecule has 2 heterocycles. The van der Waals surface area contributed by atoms with Gasteiger partial charge in [-0.2, -0.15) is 0 Å². The van der Waals surface area contributed by atoms with Crippen LogP contribution in [-0.4, -0.2) is 17.1 Å². The molecule has 0 bridgehead atoms. The number of hydrogen-bond acceptors (Lipinski definition) is 3. The highest BCUT2D eigenvalue weighted by atomic mass is 16.5. The first kappa shape index (κ1) is 18.5. The van der Waals surface area contributed by atoms with Gasteiger partial charge in [0.25, 0.3) is 0 Å². The summed E-state index contributed by atoms with van der Waals surface area (Å²) in [5.41, 5.74) is 6.47. The van der Waals surface area contributed by atoms with E-state index < -0.39 is 0 Å². The molecule has 0 aliphatic carbocycles. The van der Waals surface area contributed by atoms with E-state index in [-0.39, 0.29) is 0 Å². The summed E-state index contributed by atoms with van der Waals surface area (Å²) in [6.07, 6.45) is 3.78. The Bertz CT molecular complexity index is 1550. The van der Waals surface area contributed by atoms with Crippen LogP contribution in [0.25, 0.3) is 54.8 Å². The van der Waals surface area contributed by atoms with Gasteiger partial charge in [0.2, 0.25) is 0 Å². The zero-order valence-corrected chi connectivity index (χ0v) is 17.6. The van der Waals surface area contributed by atoms with Gasteiger partial charge in [-0.15, -0.1) is 0 Å². The van der Waals surface area contributed by atoms with E-state index in [9.17, 15) is 0 Å². The van der Waals surface area contributed by atoms with E-state index in [4.69, 9.17) is 9.72 Å². The van der Waals surface area contributed by atoms with Crippen LogP contribution in [-0.2, 0) is 0 Å². The summed E-state index contributed by atoms with van der Waals surface area (Å²) in [4.78, 5) is 9.23. The standard InChI is InChI=1S/C29H20N2O/c1-32-21-14-12-19(13-15-21)28-22-7-2-4-9-24(22)29(25-10-5-3-8-23(25)28)20-17-27-26(31-18-20)11-6-16-30-27/h2-18H,1H3. The third-order valence-electron chi connectivity index (χ3n) is 6.05. The zero-order chi connectivity index (χ0) is 21.5. The number of ether oxygens (including phenoxy) is 1. The number of rotatable bonds is 3. The van der Waals surface area contributed by atoms with E-state index in [2.05, 4.69) is 71.7 Å². The number of hydrogen-bond donors (Lipinski definition) is 0. The van der Waals surface area contributed by atoms with Crippen molar-refractivity contribution in [1.82, 2.24) is 9.97 Å². The monoisotopic (exact) mass is 412 g/mol. The molecular weight excluding hydrogens is 392 g/mol. The largest absolute Gasteiger partial charge is 0.497 e. The molecule has 4 aromatic carbocycles. The van der Waals surface area contributed by atoms with Crippen LogP contribution in [0.5, 0.6) is 5.75 Å². The van der Waals surface area contributed by atoms with Crippen molar-refractivity contribution in [1.29, 1.82) is 0 Å². The number of benzene rings is 4. The molecule has 0 fully saturated rings. The summed E-state index contributed by atoms with van der Waals surface area (Å²) < 4.78 is 5.38. The lowest BCUT2D eigenvalue weighted by Gasteiger charge is -2.17. The van der Waals surface area contributed by atoms with Crippen molar-refractivity contribution in [3.05, 3.63) is 103 Å². The van der Waals surface area contributed by atoms with Gasteiger partial charge in [-0.05, 0) is 68.6 Å². The molecule has 0 aliphatic heterocycles. The average Bonchev–Trinajstić information content (AvgIpc) is 2.87. The Labute approximate surface area is 186 Å². The first-order valence-electron chi connectivity index (χ1n) is 10.6. The third-order valence-corrected chi connectivity index (χ3v) is 6.05. The minimum atomic E-state index is 0.855. The first-order chi connectivity index (χ1) is 15.8. The molecule has 6 rings (SSSR count). The molecule has 0 spiro atoms. The second-order valence-electron chi connectivity index (χ2n) is 7.84. The predicted molar refractivity (Wildman–Crippen MR) is 132 cm³/mol. The highest BCUT2D eigenvalue weighted by molar-refractivity contribution is 6.21. The van der Waals surface area contributed by atoms with Crippen molar-refractivity contribution in [3.63, 3.8) is 0 Å². The second kappa shape index (κ2) is 7.47. The predicted octanol–water partition coefficient (Wildman–Crippen LogP) is 7.28. The fourth-order valence-electron chi connectivity index (χ4n) is 4.60. The quantitative estimate of drug-likeness (QED) is 0.287. The SMILES string of the molecule is COc1ccc(-c2c3ccccc3c(-c3cnc4cccnc4c3)c3ccccc23)cc1. The molecule has 0 saturated carbocycles. The van der Waals surface area contributed by atoms with Crippen LogP contribution in [0, 0.1) is 0 Å². The molecule has 0 unspecified atom stereocenters.